The lowest BCUT2D eigenvalue weighted by atomic mass is 9.90. The van der Waals surface area contributed by atoms with E-state index >= 15 is 0 Å². The Labute approximate surface area is 77.1 Å². The first-order chi connectivity index (χ1) is 5.62. The van der Waals surface area contributed by atoms with E-state index in [-0.39, 0.29) is 0 Å². The second-order valence-corrected chi connectivity index (χ2v) is 4.15. The van der Waals surface area contributed by atoms with Crippen LogP contribution in [-0.2, 0) is 0 Å². The quantitative estimate of drug-likeness (QED) is 0.570. The highest BCUT2D eigenvalue weighted by molar-refractivity contribution is 4.69. The van der Waals surface area contributed by atoms with Crippen LogP contribution in [0.2, 0.25) is 0 Å². The molecule has 0 bridgehead atoms. The van der Waals surface area contributed by atoms with Gasteiger partial charge in [-0.3, -0.25) is 0 Å². The highest BCUT2D eigenvalue weighted by Crippen LogP contribution is 2.17. The van der Waals surface area contributed by atoms with Gasteiger partial charge in [0.2, 0.25) is 0 Å². The fraction of sp³-hybridized carbons (Fsp3) is 1.00. The van der Waals surface area contributed by atoms with E-state index in [4.69, 9.17) is 0 Å². The van der Waals surface area contributed by atoms with E-state index in [9.17, 15) is 0 Å². The lowest BCUT2D eigenvalue weighted by Gasteiger charge is -2.22. The molecule has 0 heterocycles. The van der Waals surface area contributed by atoms with Crippen molar-refractivity contribution >= 4 is 0 Å². The zero-order valence-electron chi connectivity index (χ0n) is 9.04. The van der Waals surface area contributed by atoms with Crippen molar-refractivity contribution in [1.29, 1.82) is 0 Å². The summed E-state index contributed by atoms with van der Waals surface area (Å²) in [6.45, 7) is 10.2. The fourth-order valence-corrected chi connectivity index (χ4v) is 0.942. The number of hydrogen-bond donors (Lipinski definition) is 2. The van der Waals surface area contributed by atoms with Crippen LogP contribution in [0.1, 0.15) is 33.6 Å². The maximum atomic E-state index is 3.47. The predicted octanol–water partition coefficient (Wildman–Crippen LogP) is 1.62. The van der Waals surface area contributed by atoms with Gasteiger partial charge in [0.15, 0.2) is 0 Å². The molecule has 0 fully saturated rings. The lowest BCUT2D eigenvalue weighted by Crippen LogP contribution is -2.30. The summed E-state index contributed by atoms with van der Waals surface area (Å²) in [5, 5.41) is 6.61. The molecule has 0 unspecified atom stereocenters. The molecular formula is C10H24N2. The summed E-state index contributed by atoms with van der Waals surface area (Å²) in [5.41, 5.74) is 0.458. The third-order valence-corrected chi connectivity index (χ3v) is 2.34. The van der Waals surface area contributed by atoms with Gasteiger partial charge in [-0.05, 0) is 38.4 Å². The summed E-state index contributed by atoms with van der Waals surface area (Å²) in [5.74, 6) is 0. The molecule has 0 amide bonds. The monoisotopic (exact) mass is 172 g/mol. The molecule has 0 saturated carbocycles. The molecule has 0 rings (SSSR count). The average Bonchev–Trinajstić information content (AvgIpc) is 2.04. The Morgan fingerprint density at radius 2 is 1.83 bits per heavy atom. The van der Waals surface area contributed by atoms with Gasteiger partial charge in [0.25, 0.3) is 0 Å². The first-order valence-electron chi connectivity index (χ1n) is 4.97. The van der Waals surface area contributed by atoms with E-state index in [1.54, 1.807) is 0 Å². The van der Waals surface area contributed by atoms with Gasteiger partial charge < -0.3 is 10.6 Å². The fourth-order valence-electron chi connectivity index (χ4n) is 0.942. The number of nitrogens with one attached hydrogen (secondary N) is 2. The minimum Gasteiger partial charge on any atom is -0.320 e. The minimum absolute atomic E-state index is 0.458. The first kappa shape index (κ1) is 11.9. The van der Waals surface area contributed by atoms with Gasteiger partial charge in [-0.1, -0.05) is 20.8 Å². The Kier molecular flexibility index (Phi) is 6.39. The number of rotatable bonds is 7. The average molecular weight is 172 g/mol. The molecule has 0 aliphatic carbocycles. The van der Waals surface area contributed by atoms with Crippen LogP contribution < -0.4 is 10.6 Å². The Morgan fingerprint density at radius 1 is 1.17 bits per heavy atom. The highest BCUT2D eigenvalue weighted by atomic mass is 14.9. The Balaban J connectivity index is 3.19. The molecule has 0 aliphatic rings. The smallest absolute Gasteiger partial charge is 0.000242 e. The van der Waals surface area contributed by atoms with E-state index in [0.29, 0.717) is 5.41 Å². The van der Waals surface area contributed by atoms with Gasteiger partial charge in [-0.25, -0.2) is 0 Å². The molecule has 0 aromatic carbocycles. The summed E-state index contributed by atoms with van der Waals surface area (Å²) in [4.78, 5) is 0. The van der Waals surface area contributed by atoms with Crippen LogP contribution in [0.5, 0.6) is 0 Å². The SMILES string of the molecule is CCC(C)(C)CNCCCNC. The van der Waals surface area contributed by atoms with Crippen LogP contribution in [0.3, 0.4) is 0 Å². The van der Waals surface area contributed by atoms with Crippen LogP contribution >= 0.6 is 0 Å². The zero-order valence-corrected chi connectivity index (χ0v) is 9.04. The van der Waals surface area contributed by atoms with E-state index in [1.165, 1.54) is 12.8 Å². The molecular weight excluding hydrogens is 148 g/mol. The molecule has 0 aromatic heterocycles. The van der Waals surface area contributed by atoms with Crippen molar-refractivity contribution in [2.75, 3.05) is 26.7 Å². The van der Waals surface area contributed by atoms with Crippen molar-refractivity contribution < 1.29 is 0 Å². The Bertz CT molecular complexity index is 100. The summed E-state index contributed by atoms with van der Waals surface area (Å²) in [7, 11) is 2.00. The van der Waals surface area contributed by atoms with Gasteiger partial charge in [-0.15, -0.1) is 0 Å². The van der Waals surface area contributed by atoms with Crippen LogP contribution in [0, 0.1) is 5.41 Å². The third-order valence-electron chi connectivity index (χ3n) is 2.34. The standard InChI is InChI=1S/C10H24N2/c1-5-10(2,3)9-12-8-6-7-11-4/h11-12H,5-9H2,1-4H3. The van der Waals surface area contributed by atoms with Crippen molar-refractivity contribution in [2.45, 2.75) is 33.6 Å². The summed E-state index contributed by atoms with van der Waals surface area (Å²) < 4.78 is 0. The molecule has 0 aliphatic heterocycles. The predicted molar refractivity (Wildman–Crippen MR) is 55.5 cm³/mol. The molecule has 2 N–H and O–H groups in total. The van der Waals surface area contributed by atoms with E-state index < -0.39 is 0 Å². The first-order valence-corrected chi connectivity index (χ1v) is 4.97. The summed E-state index contributed by atoms with van der Waals surface area (Å²) in [6, 6.07) is 0. The van der Waals surface area contributed by atoms with E-state index in [2.05, 4.69) is 31.4 Å². The van der Waals surface area contributed by atoms with Crippen LogP contribution in [0.4, 0.5) is 0 Å². The molecule has 0 atom stereocenters. The summed E-state index contributed by atoms with van der Waals surface area (Å²) in [6.07, 6.45) is 2.46. The van der Waals surface area contributed by atoms with Gasteiger partial charge >= 0.3 is 0 Å². The molecule has 0 saturated heterocycles. The summed E-state index contributed by atoms with van der Waals surface area (Å²) >= 11 is 0. The third kappa shape index (κ3) is 6.62. The molecule has 2 nitrogen and oxygen atoms in total. The van der Waals surface area contributed by atoms with Crippen molar-refractivity contribution in [1.82, 2.24) is 10.6 Å². The second kappa shape index (κ2) is 6.44. The van der Waals surface area contributed by atoms with Crippen molar-refractivity contribution in [3.8, 4) is 0 Å². The Hall–Kier alpha value is -0.0800. The normalized spacial score (nSPS) is 12.0. The maximum Gasteiger partial charge on any atom is 0.000242 e. The molecule has 0 spiro atoms. The zero-order chi connectivity index (χ0) is 9.45. The maximum absolute atomic E-state index is 3.47. The van der Waals surface area contributed by atoms with Gasteiger partial charge in [0.05, 0.1) is 0 Å². The molecule has 2 heteroatoms. The highest BCUT2D eigenvalue weighted by Gasteiger charge is 2.13. The number of hydrogen-bond acceptors (Lipinski definition) is 2. The lowest BCUT2D eigenvalue weighted by molar-refractivity contribution is 0.328. The van der Waals surface area contributed by atoms with Crippen molar-refractivity contribution in [2.24, 2.45) is 5.41 Å². The van der Waals surface area contributed by atoms with Crippen molar-refractivity contribution in [3.63, 3.8) is 0 Å². The van der Waals surface area contributed by atoms with E-state index in [1.807, 2.05) is 7.05 Å². The second-order valence-electron chi connectivity index (χ2n) is 4.15. The molecule has 74 valence electrons. The molecule has 12 heavy (non-hydrogen) atoms. The van der Waals surface area contributed by atoms with Crippen LogP contribution in [0.15, 0.2) is 0 Å². The van der Waals surface area contributed by atoms with Crippen LogP contribution in [0.25, 0.3) is 0 Å². The van der Waals surface area contributed by atoms with Gasteiger partial charge in [0, 0.05) is 6.54 Å². The van der Waals surface area contributed by atoms with Crippen molar-refractivity contribution in [3.05, 3.63) is 0 Å². The van der Waals surface area contributed by atoms with Gasteiger partial charge in [-0.2, -0.15) is 0 Å². The topological polar surface area (TPSA) is 24.1 Å². The molecule has 0 radical (unpaired) electrons. The Morgan fingerprint density at radius 3 is 2.33 bits per heavy atom. The van der Waals surface area contributed by atoms with Crippen LogP contribution in [-0.4, -0.2) is 26.7 Å². The molecule has 0 aromatic rings. The van der Waals surface area contributed by atoms with Gasteiger partial charge in [0.1, 0.15) is 0 Å². The largest absolute Gasteiger partial charge is 0.320 e. The minimum atomic E-state index is 0.458. The van der Waals surface area contributed by atoms with E-state index in [0.717, 1.165) is 19.6 Å².